The van der Waals surface area contributed by atoms with Gasteiger partial charge in [-0.25, -0.2) is 13.4 Å². The summed E-state index contributed by atoms with van der Waals surface area (Å²) >= 11 is 3.25. The first-order valence-electron chi connectivity index (χ1n) is 5.65. The van der Waals surface area contributed by atoms with E-state index in [1.165, 1.54) is 6.26 Å². The number of thioether (sulfide) groups is 1. The Hall–Kier alpha value is -0.310. The molecule has 102 valence electrons. The van der Waals surface area contributed by atoms with Gasteiger partial charge in [0, 0.05) is 41.9 Å². The molecular formula is C10H17N3O2S3. The van der Waals surface area contributed by atoms with E-state index in [0.29, 0.717) is 5.75 Å². The molecule has 1 aromatic heterocycles. The van der Waals surface area contributed by atoms with Crippen LogP contribution < -0.4 is 10.2 Å². The van der Waals surface area contributed by atoms with E-state index >= 15 is 0 Å². The van der Waals surface area contributed by atoms with Crippen LogP contribution in [0.1, 0.15) is 4.88 Å². The van der Waals surface area contributed by atoms with Crippen molar-refractivity contribution >= 4 is 38.1 Å². The lowest BCUT2D eigenvalue weighted by atomic mass is 10.5. The Bertz CT molecular complexity index is 500. The molecule has 1 fully saturated rings. The Labute approximate surface area is 116 Å². The van der Waals surface area contributed by atoms with Crippen LogP contribution in [0, 0.1) is 0 Å². The Balaban J connectivity index is 2.22. The van der Waals surface area contributed by atoms with E-state index in [1.807, 2.05) is 18.1 Å². The summed E-state index contributed by atoms with van der Waals surface area (Å²) in [4.78, 5) is 7.40. The monoisotopic (exact) mass is 307 g/mol. The molecular weight excluding hydrogens is 290 g/mol. The molecule has 0 bridgehead atoms. The van der Waals surface area contributed by atoms with E-state index in [0.717, 1.165) is 28.9 Å². The number of hydrogen-bond donors (Lipinski definition) is 1. The van der Waals surface area contributed by atoms with Crippen molar-refractivity contribution in [3.63, 3.8) is 0 Å². The van der Waals surface area contributed by atoms with Gasteiger partial charge in [0.1, 0.15) is 5.37 Å². The predicted octanol–water partition coefficient (Wildman–Crippen LogP) is 0.786. The smallest absolute Gasteiger partial charge is 0.186 e. The van der Waals surface area contributed by atoms with Crippen molar-refractivity contribution in [3.8, 4) is 0 Å². The molecule has 5 nitrogen and oxygen atoms in total. The molecule has 8 heteroatoms. The number of nitrogens with one attached hydrogen (secondary N) is 1. The minimum absolute atomic E-state index is 0.440. The van der Waals surface area contributed by atoms with Crippen molar-refractivity contribution in [1.82, 2.24) is 10.3 Å². The largest absolute Gasteiger partial charge is 0.330 e. The molecule has 1 atom stereocenters. The Kier molecular flexibility index (Phi) is 4.52. The van der Waals surface area contributed by atoms with Gasteiger partial charge in [0.25, 0.3) is 0 Å². The molecule has 0 saturated carbocycles. The van der Waals surface area contributed by atoms with E-state index in [2.05, 4.69) is 10.3 Å². The second kappa shape index (κ2) is 5.77. The Morgan fingerprint density at radius 2 is 2.39 bits per heavy atom. The second-order valence-corrected chi connectivity index (χ2v) is 8.64. The highest BCUT2D eigenvalue weighted by molar-refractivity contribution is 8.01. The number of sulfone groups is 1. The molecule has 1 aliphatic heterocycles. The standard InChI is InChI=1S/C10H17N3O2S3/c1-11-5-8-6-12-10(17-8)13-3-4-16-7-9(13)18(2,14)15/h6,9,11H,3-5,7H2,1-2H3. The average Bonchev–Trinajstić information content (AvgIpc) is 2.77. The van der Waals surface area contributed by atoms with Gasteiger partial charge in [-0.05, 0) is 7.05 Å². The third-order valence-electron chi connectivity index (χ3n) is 2.72. The molecule has 1 unspecified atom stereocenters. The van der Waals surface area contributed by atoms with Crippen molar-refractivity contribution in [1.29, 1.82) is 0 Å². The molecule has 0 spiro atoms. The van der Waals surface area contributed by atoms with E-state index in [-0.39, 0.29) is 0 Å². The fraction of sp³-hybridized carbons (Fsp3) is 0.700. The first-order valence-corrected chi connectivity index (χ1v) is 9.57. The van der Waals surface area contributed by atoms with Crippen molar-refractivity contribution in [3.05, 3.63) is 11.1 Å². The van der Waals surface area contributed by atoms with Crippen LogP contribution in [-0.2, 0) is 16.4 Å². The van der Waals surface area contributed by atoms with Crippen molar-refractivity contribution in [2.45, 2.75) is 11.9 Å². The molecule has 2 heterocycles. The van der Waals surface area contributed by atoms with Crippen molar-refractivity contribution in [2.75, 3.05) is 36.3 Å². The molecule has 0 aromatic carbocycles. The van der Waals surface area contributed by atoms with Gasteiger partial charge >= 0.3 is 0 Å². The van der Waals surface area contributed by atoms with Gasteiger partial charge < -0.3 is 10.2 Å². The summed E-state index contributed by atoms with van der Waals surface area (Å²) in [5, 5.41) is 3.45. The Morgan fingerprint density at radius 1 is 1.61 bits per heavy atom. The molecule has 1 aliphatic rings. The zero-order chi connectivity index (χ0) is 13.2. The van der Waals surface area contributed by atoms with Crippen LogP contribution in [0.15, 0.2) is 6.20 Å². The lowest BCUT2D eigenvalue weighted by molar-refractivity contribution is 0.584. The molecule has 0 radical (unpaired) electrons. The number of rotatable bonds is 4. The van der Waals surface area contributed by atoms with Crippen LogP contribution in [0.25, 0.3) is 0 Å². The first kappa shape index (κ1) is 14.1. The molecule has 1 aromatic rings. The maximum Gasteiger partial charge on any atom is 0.186 e. The highest BCUT2D eigenvalue weighted by atomic mass is 32.2. The summed E-state index contributed by atoms with van der Waals surface area (Å²) in [7, 11) is -1.18. The second-order valence-electron chi connectivity index (χ2n) is 4.19. The molecule has 1 N–H and O–H groups in total. The molecule has 0 amide bonds. The average molecular weight is 307 g/mol. The van der Waals surface area contributed by atoms with Gasteiger partial charge in [0.15, 0.2) is 15.0 Å². The minimum Gasteiger partial charge on any atom is -0.330 e. The highest BCUT2D eigenvalue weighted by Gasteiger charge is 2.32. The van der Waals surface area contributed by atoms with Crippen LogP contribution in [-0.4, -0.2) is 50.1 Å². The van der Waals surface area contributed by atoms with Crippen LogP contribution in [0.3, 0.4) is 0 Å². The SMILES string of the molecule is CNCc1cnc(N2CCSCC2S(C)(=O)=O)s1. The van der Waals surface area contributed by atoms with Gasteiger partial charge in [-0.2, -0.15) is 11.8 Å². The summed E-state index contributed by atoms with van der Waals surface area (Å²) in [6.07, 6.45) is 3.12. The van der Waals surface area contributed by atoms with Crippen LogP contribution >= 0.6 is 23.1 Å². The topological polar surface area (TPSA) is 62.3 Å². The summed E-state index contributed by atoms with van der Waals surface area (Å²) in [5.41, 5.74) is 0. The van der Waals surface area contributed by atoms with Crippen LogP contribution in [0.4, 0.5) is 5.13 Å². The molecule has 1 saturated heterocycles. The highest BCUT2D eigenvalue weighted by Crippen LogP contribution is 2.30. The number of nitrogens with zero attached hydrogens (tertiary/aromatic N) is 2. The number of thiazole rings is 1. The fourth-order valence-electron chi connectivity index (χ4n) is 1.84. The maximum atomic E-state index is 11.8. The third-order valence-corrected chi connectivity index (χ3v) is 6.39. The fourth-order valence-corrected chi connectivity index (χ4v) is 5.72. The normalized spacial score (nSPS) is 21.2. The van der Waals surface area contributed by atoms with Crippen LogP contribution in [0.2, 0.25) is 0 Å². The summed E-state index contributed by atoms with van der Waals surface area (Å²) < 4.78 is 23.6. The van der Waals surface area contributed by atoms with Crippen molar-refractivity contribution < 1.29 is 8.42 Å². The lowest BCUT2D eigenvalue weighted by Crippen LogP contribution is -2.47. The number of aromatic nitrogens is 1. The van der Waals surface area contributed by atoms with Gasteiger partial charge in [0.2, 0.25) is 0 Å². The summed E-state index contributed by atoms with van der Waals surface area (Å²) in [6.45, 7) is 1.51. The predicted molar refractivity (Wildman–Crippen MR) is 78.2 cm³/mol. The van der Waals surface area contributed by atoms with Gasteiger partial charge in [-0.3, -0.25) is 0 Å². The quantitative estimate of drug-likeness (QED) is 0.887. The van der Waals surface area contributed by atoms with Gasteiger partial charge in [-0.15, -0.1) is 11.3 Å². The number of anilines is 1. The maximum absolute atomic E-state index is 11.8. The Morgan fingerprint density at radius 3 is 3.06 bits per heavy atom. The van der Waals surface area contributed by atoms with E-state index in [1.54, 1.807) is 23.1 Å². The van der Waals surface area contributed by atoms with E-state index in [4.69, 9.17) is 0 Å². The third kappa shape index (κ3) is 3.17. The molecule has 0 aliphatic carbocycles. The van der Waals surface area contributed by atoms with Gasteiger partial charge in [-0.1, -0.05) is 0 Å². The van der Waals surface area contributed by atoms with Crippen LogP contribution in [0.5, 0.6) is 0 Å². The molecule has 2 rings (SSSR count). The molecule has 18 heavy (non-hydrogen) atoms. The zero-order valence-electron chi connectivity index (χ0n) is 10.4. The number of hydrogen-bond acceptors (Lipinski definition) is 7. The van der Waals surface area contributed by atoms with Gasteiger partial charge in [0.05, 0.1) is 0 Å². The van der Waals surface area contributed by atoms with Crippen molar-refractivity contribution in [2.24, 2.45) is 0 Å². The summed E-state index contributed by atoms with van der Waals surface area (Å²) in [6, 6.07) is 0. The minimum atomic E-state index is -3.07. The van der Waals surface area contributed by atoms with E-state index < -0.39 is 15.2 Å². The lowest BCUT2D eigenvalue weighted by Gasteiger charge is -2.33. The zero-order valence-corrected chi connectivity index (χ0v) is 12.9. The summed E-state index contributed by atoms with van der Waals surface area (Å²) in [5.74, 6) is 1.58. The van der Waals surface area contributed by atoms with E-state index in [9.17, 15) is 8.42 Å². The first-order chi connectivity index (χ1) is 8.52.